The lowest BCUT2D eigenvalue weighted by molar-refractivity contribution is -0.124. The molecule has 1 unspecified atom stereocenters. The molecule has 0 spiro atoms. The lowest BCUT2D eigenvalue weighted by Gasteiger charge is -2.23. The van der Waals surface area contributed by atoms with Crippen LogP contribution < -0.4 is 9.64 Å². The maximum atomic E-state index is 12.9. The second-order valence-electron chi connectivity index (χ2n) is 6.89. The van der Waals surface area contributed by atoms with E-state index >= 15 is 0 Å². The Labute approximate surface area is 160 Å². The van der Waals surface area contributed by atoms with Gasteiger partial charge in [0.1, 0.15) is 5.75 Å². The molecular formula is C20H24N2O4S. The van der Waals surface area contributed by atoms with Crippen molar-refractivity contribution in [2.45, 2.75) is 31.3 Å². The molecule has 0 saturated heterocycles. The number of anilines is 1. The quantitative estimate of drug-likeness (QED) is 0.790. The van der Waals surface area contributed by atoms with Crippen molar-refractivity contribution in [2.24, 2.45) is 0 Å². The van der Waals surface area contributed by atoms with E-state index < -0.39 is 16.1 Å². The summed E-state index contributed by atoms with van der Waals surface area (Å²) >= 11 is 0. The van der Waals surface area contributed by atoms with Gasteiger partial charge in [-0.2, -0.15) is 0 Å². The average molecular weight is 388 g/mol. The van der Waals surface area contributed by atoms with Gasteiger partial charge in [-0.05, 0) is 61.7 Å². The third kappa shape index (κ3) is 3.84. The summed E-state index contributed by atoms with van der Waals surface area (Å²) in [5, 5.41) is 0. The highest BCUT2D eigenvalue weighted by molar-refractivity contribution is 7.89. The molecule has 0 saturated carbocycles. The van der Waals surface area contributed by atoms with Crippen LogP contribution in [0.25, 0.3) is 0 Å². The predicted octanol–water partition coefficient (Wildman–Crippen LogP) is 2.60. The minimum atomic E-state index is -3.49. The van der Waals surface area contributed by atoms with Gasteiger partial charge in [0.15, 0.2) is 6.10 Å². The maximum Gasteiger partial charge on any atom is 0.267 e. The highest BCUT2D eigenvalue weighted by Gasteiger charge is 2.30. The highest BCUT2D eigenvalue weighted by atomic mass is 32.2. The normalized spacial score (nSPS) is 14.9. The molecule has 6 nitrogen and oxygen atoms in total. The number of hydrogen-bond acceptors (Lipinski definition) is 4. The molecule has 1 heterocycles. The molecule has 3 rings (SSSR count). The van der Waals surface area contributed by atoms with E-state index in [4.69, 9.17) is 4.74 Å². The molecule has 27 heavy (non-hydrogen) atoms. The SMILES string of the molecule is Cc1cccc(OC(C)C(=O)N2CCc3cc(S(=O)(=O)N(C)C)ccc32)c1. The van der Waals surface area contributed by atoms with Gasteiger partial charge in [-0.15, -0.1) is 0 Å². The summed E-state index contributed by atoms with van der Waals surface area (Å²) < 4.78 is 31.6. The minimum absolute atomic E-state index is 0.140. The van der Waals surface area contributed by atoms with Crippen molar-refractivity contribution in [2.75, 3.05) is 25.5 Å². The summed E-state index contributed by atoms with van der Waals surface area (Å²) in [4.78, 5) is 14.8. The third-order valence-electron chi connectivity index (χ3n) is 4.64. The zero-order valence-electron chi connectivity index (χ0n) is 16.0. The van der Waals surface area contributed by atoms with E-state index in [9.17, 15) is 13.2 Å². The van der Waals surface area contributed by atoms with Gasteiger partial charge in [0.2, 0.25) is 10.0 Å². The van der Waals surface area contributed by atoms with E-state index in [1.165, 1.54) is 18.4 Å². The van der Waals surface area contributed by atoms with E-state index in [0.717, 1.165) is 16.8 Å². The second kappa shape index (κ2) is 7.32. The molecule has 1 aliphatic heterocycles. The van der Waals surface area contributed by atoms with Crippen LogP contribution in [0.1, 0.15) is 18.1 Å². The second-order valence-corrected chi connectivity index (χ2v) is 9.05. The van der Waals surface area contributed by atoms with Crippen molar-refractivity contribution < 1.29 is 17.9 Å². The number of rotatable bonds is 5. The molecule has 0 N–H and O–H groups in total. The topological polar surface area (TPSA) is 66.9 Å². The zero-order chi connectivity index (χ0) is 19.8. The molecule has 144 valence electrons. The Morgan fingerprint density at radius 1 is 1.19 bits per heavy atom. The van der Waals surface area contributed by atoms with Gasteiger partial charge in [0.25, 0.3) is 5.91 Å². The monoisotopic (exact) mass is 388 g/mol. The maximum absolute atomic E-state index is 12.9. The molecule has 7 heteroatoms. The summed E-state index contributed by atoms with van der Waals surface area (Å²) in [6.07, 6.45) is -0.0161. The zero-order valence-corrected chi connectivity index (χ0v) is 16.8. The first-order chi connectivity index (χ1) is 12.7. The van der Waals surface area contributed by atoms with Crippen LogP contribution in [0.2, 0.25) is 0 Å². The van der Waals surface area contributed by atoms with E-state index in [1.807, 2.05) is 31.2 Å². The highest BCUT2D eigenvalue weighted by Crippen LogP contribution is 2.31. The molecule has 2 aromatic rings. The van der Waals surface area contributed by atoms with E-state index in [2.05, 4.69) is 0 Å². The average Bonchev–Trinajstić information content (AvgIpc) is 3.04. The number of hydrogen-bond donors (Lipinski definition) is 0. The Hall–Kier alpha value is -2.38. The number of benzene rings is 2. The van der Waals surface area contributed by atoms with Crippen LogP contribution in [0.4, 0.5) is 5.69 Å². The van der Waals surface area contributed by atoms with Gasteiger partial charge >= 0.3 is 0 Å². The number of carbonyl (C=O) groups is 1. The summed E-state index contributed by atoms with van der Waals surface area (Å²) in [5.74, 6) is 0.515. The molecule has 1 amide bonds. The number of nitrogens with zero attached hydrogens (tertiary/aromatic N) is 2. The van der Waals surface area contributed by atoms with Crippen LogP contribution in [-0.2, 0) is 21.2 Å². The van der Waals surface area contributed by atoms with Gasteiger partial charge in [-0.3, -0.25) is 4.79 Å². The first-order valence-corrected chi connectivity index (χ1v) is 10.2. The summed E-state index contributed by atoms with van der Waals surface area (Å²) in [5.41, 5.74) is 2.67. The van der Waals surface area contributed by atoms with Crippen molar-refractivity contribution >= 4 is 21.6 Å². The number of ether oxygens (including phenoxy) is 1. The van der Waals surface area contributed by atoms with E-state index in [0.29, 0.717) is 18.7 Å². The smallest absolute Gasteiger partial charge is 0.267 e. The first kappa shape index (κ1) is 19.4. The number of aryl methyl sites for hydroxylation is 1. The van der Waals surface area contributed by atoms with Crippen LogP contribution >= 0.6 is 0 Å². The Balaban J connectivity index is 1.80. The van der Waals surface area contributed by atoms with Crippen molar-refractivity contribution in [1.29, 1.82) is 0 Å². The largest absolute Gasteiger partial charge is 0.481 e. The van der Waals surface area contributed by atoms with Crippen LogP contribution in [0.5, 0.6) is 5.75 Å². The molecule has 2 aromatic carbocycles. The first-order valence-electron chi connectivity index (χ1n) is 8.80. The van der Waals surface area contributed by atoms with Gasteiger partial charge in [-0.25, -0.2) is 12.7 Å². The molecule has 1 aliphatic rings. The lowest BCUT2D eigenvalue weighted by atomic mass is 10.2. The van der Waals surface area contributed by atoms with Gasteiger partial charge in [0.05, 0.1) is 4.90 Å². The fourth-order valence-electron chi connectivity index (χ4n) is 3.14. The van der Waals surface area contributed by atoms with Crippen LogP contribution in [-0.4, -0.2) is 45.4 Å². The van der Waals surface area contributed by atoms with Crippen molar-refractivity contribution in [1.82, 2.24) is 4.31 Å². The van der Waals surface area contributed by atoms with Gasteiger partial charge in [-0.1, -0.05) is 12.1 Å². The standard InChI is InChI=1S/C20H24N2O4S/c1-14-6-5-7-17(12-14)26-15(2)20(23)22-11-10-16-13-18(8-9-19(16)22)27(24,25)21(3)4/h5-9,12-13,15H,10-11H2,1-4H3. The van der Waals surface area contributed by atoms with Crippen LogP contribution in [0.3, 0.4) is 0 Å². The van der Waals surface area contributed by atoms with Gasteiger partial charge in [0, 0.05) is 26.3 Å². The van der Waals surface area contributed by atoms with Crippen molar-refractivity contribution in [3.63, 3.8) is 0 Å². The summed E-state index contributed by atoms with van der Waals surface area (Å²) in [6, 6.07) is 12.5. The number of carbonyl (C=O) groups excluding carboxylic acids is 1. The molecule has 1 atom stereocenters. The molecular weight excluding hydrogens is 364 g/mol. The molecule has 0 bridgehead atoms. The van der Waals surface area contributed by atoms with Crippen molar-refractivity contribution in [3.8, 4) is 5.75 Å². The summed E-state index contributed by atoms with van der Waals surface area (Å²) in [7, 11) is -0.487. The molecule has 0 aliphatic carbocycles. The Morgan fingerprint density at radius 3 is 2.59 bits per heavy atom. The Kier molecular flexibility index (Phi) is 5.26. The number of sulfonamides is 1. The Bertz CT molecular complexity index is 970. The number of amides is 1. The van der Waals surface area contributed by atoms with Crippen LogP contribution in [0, 0.1) is 6.92 Å². The molecule has 0 aromatic heterocycles. The third-order valence-corrected chi connectivity index (χ3v) is 6.45. The predicted molar refractivity (Wildman–Crippen MR) is 105 cm³/mol. The van der Waals surface area contributed by atoms with E-state index in [1.54, 1.807) is 30.0 Å². The molecule has 0 radical (unpaired) electrons. The fraction of sp³-hybridized carbons (Fsp3) is 0.350. The van der Waals surface area contributed by atoms with Crippen molar-refractivity contribution in [3.05, 3.63) is 53.6 Å². The minimum Gasteiger partial charge on any atom is -0.481 e. The fourth-order valence-corrected chi connectivity index (χ4v) is 4.09. The van der Waals surface area contributed by atoms with E-state index in [-0.39, 0.29) is 10.8 Å². The van der Waals surface area contributed by atoms with Gasteiger partial charge < -0.3 is 9.64 Å². The summed E-state index contributed by atoms with van der Waals surface area (Å²) in [6.45, 7) is 4.21. The molecule has 0 fully saturated rings. The van der Waals surface area contributed by atoms with Crippen LogP contribution in [0.15, 0.2) is 47.4 Å². The lowest BCUT2D eigenvalue weighted by Crippen LogP contribution is -2.39. The Morgan fingerprint density at radius 2 is 1.93 bits per heavy atom. The number of fused-ring (bicyclic) bond motifs is 1.